The molecular weight excluding hydrogens is 262 g/mol. The number of nitrogens with two attached hydrogens (primary N) is 1. The van der Waals surface area contributed by atoms with E-state index in [4.69, 9.17) is 10.5 Å². The molecule has 1 aliphatic heterocycles. The lowest BCUT2D eigenvalue weighted by Gasteiger charge is -2.21. The van der Waals surface area contributed by atoms with Crippen molar-refractivity contribution in [2.75, 3.05) is 5.73 Å². The van der Waals surface area contributed by atoms with Crippen molar-refractivity contribution in [1.29, 1.82) is 0 Å². The van der Waals surface area contributed by atoms with Crippen molar-refractivity contribution >= 4 is 17.0 Å². The second-order valence-electron chi connectivity index (χ2n) is 6.52. The largest absolute Gasteiger partial charge is 0.457 e. The third-order valence-electron chi connectivity index (χ3n) is 3.61. The van der Waals surface area contributed by atoms with Gasteiger partial charge in [-0.25, -0.2) is 0 Å². The lowest BCUT2D eigenvalue weighted by Crippen LogP contribution is -2.19. The molecule has 2 N–H and O–H groups in total. The van der Waals surface area contributed by atoms with Gasteiger partial charge in [0.1, 0.15) is 17.3 Å². The van der Waals surface area contributed by atoms with Crippen molar-refractivity contribution in [3.05, 3.63) is 42.2 Å². The monoisotopic (exact) mass is 285 g/mol. The van der Waals surface area contributed by atoms with Crippen LogP contribution in [0.4, 0.5) is 5.69 Å². The zero-order valence-corrected chi connectivity index (χ0v) is 13.0. The number of allylic oxidation sites excluding steroid dienone is 2. The third kappa shape index (κ3) is 3.75. The SMILES string of the molecule is C=C1C=C(CCCC(=O)C(C)(C)C)c2ccc(N)cc2O1. The van der Waals surface area contributed by atoms with Crippen molar-refractivity contribution in [2.24, 2.45) is 5.41 Å². The summed E-state index contributed by atoms with van der Waals surface area (Å²) in [4.78, 5) is 12.0. The molecule has 3 nitrogen and oxygen atoms in total. The topological polar surface area (TPSA) is 52.3 Å². The highest BCUT2D eigenvalue weighted by atomic mass is 16.5. The van der Waals surface area contributed by atoms with E-state index in [1.807, 2.05) is 45.0 Å². The Morgan fingerprint density at radius 1 is 1.33 bits per heavy atom. The van der Waals surface area contributed by atoms with Crippen LogP contribution in [0.2, 0.25) is 0 Å². The van der Waals surface area contributed by atoms with Crippen LogP contribution in [0.3, 0.4) is 0 Å². The van der Waals surface area contributed by atoms with Gasteiger partial charge < -0.3 is 10.5 Å². The van der Waals surface area contributed by atoms with Gasteiger partial charge in [0.05, 0.1) is 0 Å². The van der Waals surface area contributed by atoms with Gasteiger partial charge in [0.15, 0.2) is 0 Å². The normalized spacial score (nSPS) is 14.2. The van der Waals surface area contributed by atoms with Gasteiger partial charge in [-0.3, -0.25) is 4.79 Å². The number of carbonyl (C=O) groups is 1. The molecule has 0 bridgehead atoms. The first-order valence-corrected chi connectivity index (χ1v) is 7.28. The highest BCUT2D eigenvalue weighted by Crippen LogP contribution is 2.37. The van der Waals surface area contributed by atoms with E-state index in [2.05, 4.69) is 6.58 Å². The molecule has 3 heteroatoms. The molecule has 2 rings (SSSR count). The fourth-order valence-corrected chi connectivity index (χ4v) is 2.35. The van der Waals surface area contributed by atoms with Gasteiger partial charge in [0.25, 0.3) is 0 Å². The lowest BCUT2D eigenvalue weighted by atomic mass is 9.87. The maximum Gasteiger partial charge on any atom is 0.138 e. The second-order valence-corrected chi connectivity index (χ2v) is 6.52. The quantitative estimate of drug-likeness (QED) is 0.837. The Morgan fingerprint density at radius 3 is 2.71 bits per heavy atom. The van der Waals surface area contributed by atoms with E-state index < -0.39 is 0 Å². The van der Waals surface area contributed by atoms with Crippen molar-refractivity contribution < 1.29 is 9.53 Å². The van der Waals surface area contributed by atoms with E-state index in [9.17, 15) is 4.79 Å². The van der Waals surface area contributed by atoms with Crippen LogP contribution in [-0.4, -0.2) is 5.78 Å². The van der Waals surface area contributed by atoms with Crippen LogP contribution in [0, 0.1) is 5.41 Å². The van der Waals surface area contributed by atoms with Gasteiger partial charge in [-0.05, 0) is 36.6 Å². The summed E-state index contributed by atoms with van der Waals surface area (Å²) in [6.45, 7) is 9.75. The predicted octanol–water partition coefficient (Wildman–Crippen LogP) is 4.34. The first-order valence-electron chi connectivity index (χ1n) is 7.28. The Kier molecular flexibility index (Phi) is 4.21. The van der Waals surface area contributed by atoms with Crippen molar-refractivity contribution in [2.45, 2.75) is 40.0 Å². The summed E-state index contributed by atoms with van der Waals surface area (Å²) in [5.41, 5.74) is 8.39. The number of hydrogen-bond donors (Lipinski definition) is 1. The van der Waals surface area contributed by atoms with E-state index >= 15 is 0 Å². The minimum atomic E-state index is -0.264. The summed E-state index contributed by atoms with van der Waals surface area (Å²) in [5.74, 6) is 1.66. The first-order chi connectivity index (χ1) is 9.77. The zero-order valence-electron chi connectivity index (χ0n) is 13.0. The van der Waals surface area contributed by atoms with E-state index in [1.165, 1.54) is 0 Å². The van der Waals surface area contributed by atoms with Crippen LogP contribution in [0.15, 0.2) is 36.6 Å². The molecule has 0 amide bonds. The van der Waals surface area contributed by atoms with Gasteiger partial charge in [-0.15, -0.1) is 0 Å². The molecule has 1 aromatic rings. The van der Waals surface area contributed by atoms with E-state index in [0.717, 1.165) is 29.7 Å². The van der Waals surface area contributed by atoms with Crippen LogP contribution in [-0.2, 0) is 4.79 Å². The highest BCUT2D eigenvalue weighted by Gasteiger charge is 2.21. The van der Waals surface area contributed by atoms with Crippen LogP contribution < -0.4 is 10.5 Å². The molecule has 0 unspecified atom stereocenters. The standard InChI is InChI=1S/C18H23NO2/c1-12-10-13(6-5-7-17(20)18(2,3)4)15-9-8-14(19)11-16(15)21-12/h8-11H,1,5-7,19H2,2-4H3. The Balaban J connectivity index is 2.07. The predicted molar refractivity (Wildman–Crippen MR) is 86.9 cm³/mol. The van der Waals surface area contributed by atoms with E-state index in [-0.39, 0.29) is 5.41 Å². The number of anilines is 1. The van der Waals surface area contributed by atoms with Crippen LogP contribution in [0.1, 0.15) is 45.6 Å². The van der Waals surface area contributed by atoms with Crippen LogP contribution in [0.5, 0.6) is 5.75 Å². The number of rotatable bonds is 4. The Labute approximate surface area is 126 Å². The van der Waals surface area contributed by atoms with Gasteiger partial charge in [0, 0.05) is 29.2 Å². The Hall–Kier alpha value is -2.03. The number of ether oxygens (including phenoxy) is 1. The second kappa shape index (κ2) is 5.76. The molecule has 0 radical (unpaired) electrons. The average molecular weight is 285 g/mol. The summed E-state index contributed by atoms with van der Waals surface area (Å²) >= 11 is 0. The maximum absolute atomic E-state index is 12.0. The van der Waals surface area contributed by atoms with Gasteiger partial charge in [-0.2, -0.15) is 0 Å². The molecule has 0 aromatic heterocycles. The number of ketones is 1. The molecule has 0 spiro atoms. The van der Waals surface area contributed by atoms with Gasteiger partial charge in [0.2, 0.25) is 0 Å². The summed E-state index contributed by atoms with van der Waals surface area (Å²) in [7, 11) is 0. The van der Waals surface area contributed by atoms with Gasteiger partial charge >= 0.3 is 0 Å². The zero-order chi connectivity index (χ0) is 15.6. The van der Waals surface area contributed by atoms with Crippen LogP contribution >= 0.6 is 0 Å². The fraction of sp³-hybridized carbons (Fsp3) is 0.389. The minimum Gasteiger partial charge on any atom is -0.457 e. The molecule has 0 aliphatic carbocycles. The van der Waals surface area contributed by atoms with Crippen LogP contribution in [0.25, 0.3) is 5.57 Å². The molecule has 21 heavy (non-hydrogen) atoms. The Bertz CT molecular complexity index is 606. The molecular formula is C18H23NO2. The first kappa shape index (κ1) is 15.4. The summed E-state index contributed by atoms with van der Waals surface area (Å²) in [6, 6.07) is 5.65. The number of carbonyl (C=O) groups excluding carboxylic acids is 1. The Morgan fingerprint density at radius 2 is 2.05 bits per heavy atom. The molecule has 1 aromatic carbocycles. The molecule has 0 saturated heterocycles. The molecule has 112 valence electrons. The summed E-state index contributed by atoms with van der Waals surface area (Å²) in [5, 5.41) is 0. The van der Waals surface area contributed by atoms with Gasteiger partial charge in [-0.1, -0.05) is 27.4 Å². The number of fused-ring (bicyclic) bond motifs is 1. The average Bonchev–Trinajstić information content (AvgIpc) is 2.36. The third-order valence-corrected chi connectivity index (χ3v) is 3.61. The molecule has 0 saturated carbocycles. The van der Waals surface area contributed by atoms with Crippen molar-refractivity contribution in [3.8, 4) is 5.75 Å². The molecule has 0 atom stereocenters. The smallest absolute Gasteiger partial charge is 0.138 e. The summed E-state index contributed by atoms with van der Waals surface area (Å²) < 4.78 is 5.61. The lowest BCUT2D eigenvalue weighted by molar-refractivity contribution is -0.126. The number of benzene rings is 1. The van der Waals surface area contributed by atoms with Crippen molar-refractivity contribution in [3.63, 3.8) is 0 Å². The maximum atomic E-state index is 12.0. The number of hydrogen-bond acceptors (Lipinski definition) is 3. The number of nitrogen functional groups attached to an aromatic ring is 1. The highest BCUT2D eigenvalue weighted by molar-refractivity contribution is 5.84. The molecule has 1 heterocycles. The summed E-state index contributed by atoms with van der Waals surface area (Å²) in [6.07, 6.45) is 4.21. The van der Waals surface area contributed by atoms with E-state index in [1.54, 1.807) is 0 Å². The number of Topliss-reactive ketones (excluding diaryl/α,β-unsaturated/α-hetero) is 1. The van der Waals surface area contributed by atoms with Crippen molar-refractivity contribution in [1.82, 2.24) is 0 Å². The fourth-order valence-electron chi connectivity index (χ4n) is 2.35. The van der Waals surface area contributed by atoms with E-state index in [0.29, 0.717) is 23.7 Å². The minimum absolute atomic E-state index is 0.264. The molecule has 0 fully saturated rings. The molecule has 1 aliphatic rings.